The number of phenolic OH excluding ortho intramolecular Hbond substituents is 1. The summed E-state index contributed by atoms with van der Waals surface area (Å²) in [6, 6.07) is 2.60. The minimum Gasteiger partial charge on any atom is -0.504 e. The number of phenols is 1. The molecule has 2 N–H and O–H groups in total. The zero-order valence-electron chi connectivity index (χ0n) is 8.33. The standard InChI is InChI=1S/C9H8Cl2N2O3/c1-13(16)5-2-6(11)9(15)7(3-5)12-8(14)4-10/h2-3H,4H2,1H3,(H-,12,14,15,16)/p+1. The van der Waals surface area contributed by atoms with E-state index in [1.165, 1.54) is 19.2 Å². The number of nitroso groups, excluding NO2 is 1. The number of halogens is 2. The predicted molar refractivity (Wildman–Crippen MR) is 61.7 cm³/mol. The van der Waals surface area contributed by atoms with Crippen LogP contribution in [0.1, 0.15) is 0 Å². The zero-order chi connectivity index (χ0) is 12.3. The smallest absolute Gasteiger partial charge is 0.259 e. The van der Waals surface area contributed by atoms with Gasteiger partial charge in [0.2, 0.25) is 5.91 Å². The van der Waals surface area contributed by atoms with Gasteiger partial charge in [0.15, 0.2) is 12.8 Å². The average molecular weight is 264 g/mol. The fraction of sp³-hybridized carbons (Fsp3) is 0.222. The molecule has 16 heavy (non-hydrogen) atoms. The quantitative estimate of drug-likeness (QED) is 0.499. The zero-order valence-corrected chi connectivity index (χ0v) is 9.84. The molecule has 0 bridgehead atoms. The molecule has 1 aromatic carbocycles. The molecule has 0 spiro atoms. The van der Waals surface area contributed by atoms with Crippen LogP contribution in [0.5, 0.6) is 5.75 Å². The fourth-order valence-electron chi connectivity index (χ4n) is 1.05. The van der Waals surface area contributed by atoms with Crippen molar-refractivity contribution in [2.24, 2.45) is 0 Å². The largest absolute Gasteiger partial charge is 0.504 e. The summed E-state index contributed by atoms with van der Waals surface area (Å²) >= 11 is 11.0. The first-order valence-corrected chi connectivity index (χ1v) is 5.16. The third-order valence-electron chi connectivity index (χ3n) is 1.81. The van der Waals surface area contributed by atoms with Gasteiger partial charge < -0.3 is 10.4 Å². The van der Waals surface area contributed by atoms with Gasteiger partial charge in [0.05, 0.1) is 10.7 Å². The first kappa shape index (κ1) is 12.7. The van der Waals surface area contributed by atoms with Crippen LogP contribution in [0.4, 0.5) is 11.4 Å². The van der Waals surface area contributed by atoms with Crippen molar-refractivity contribution in [2.75, 3.05) is 18.2 Å². The van der Waals surface area contributed by atoms with Crippen LogP contribution in [0.2, 0.25) is 5.02 Å². The Morgan fingerprint density at radius 3 is 2.69 bits per heavy atom. The summed E-state index contributed by atoms with van der Waals surface area (Å²) in [5.41, 5.74) is 0.267. The van der Waals surface area contributed by atoms with Crippen molar-refractivity contribution in [3.05, 3.63) is 22.1 Å². The van der Waals surface area contributed by atoms with Crippen LogP contribution in [0, 0.1) is 4.91 Å². The van der Waals surface area contributed by atoms with Crippen LogP contribution < -0.4 is 5.32 Å². The van der Waals surface area contributed by atoms with Crippen LogP contribution >= 0.6 is 23.2 Å². The number of hydrogen-bond acceptors (Lipinski definition) is 3. The van der Waals surface area contributed by atoms with Crippen LogP contribution in [-0.2, 0) is 4.79 Å². The second-order valence-corrected chi connectivity index (χ2v) is 3.68. The number of rotatable bonds is 3. The number of carbonyl (C=O) groups is 1. The normalized spacial score (nSPS) is 9.94. The lowest BCUT2D eigenvalue weighted by Crippen LogP contribution is -2.12. The number of hydrogen-bond donors (Lipinski definition) is 2. The van der Waals surface area contributed by atoms with Gasteiger partial charge in [-0.05, 0) is 0 Å². The van der Waals surface area contributed by atoms with Gasteiger partial charge in [-0.15, -0.1) is 11.6 Å². The topological polar surface area (TPSA) is 69.4 Å². The maximum absolute atomic E-state index is 11.1. The van der Waals surface area contributed by atoms with Crippen molar-refractivity contribution >= 4 is 40.5 Å². The number of benzene rings is 1. The Balaban J connectivity index is 3.16. The summed E-state index contributed by atoms with van der Waals surface area (Å²) < 4.78 is 0.557. The molecular formula is C9H9Cl2N2O3+. The SMILES string of the molecule is C[N+](=O)c1cc(Cl)c(O)c(NC(=O)CCl)c1. The Kier molecular flexibility index (Phi) is 4.09. The molecule has 0 aromatic heterocycles. The number of anilines is 1. The molecule has 1 amide bonds. The first-order valence-electron chi connectivity index (χ1n) is 4.25. The Bertz CT molecular complexity index is 449. The van der Waals surface area contributed by atoms with E-state index in [4.69, 9.17) is 23.2 Å². The number of alkyl halides is 1. The van der Waals surface area contributed by atoms with Gasteiger partial charge in [-0.2, -0.15) is 0 Å². The Morgan fingerprint density at radius 1 is 1.56 bits per heavy atom. The lowest BCUT2D eigenvalue weighted by molar-refractivity contribution is -0.428. The third-order valence-corrected chi connectivity index (χ3v) is 2.34. The average Bonchev–Trinajstić information content (AvgIpc) is 2.23. The highest BCUT2D eigenvalue weighted by Gasteiger charge is 2.16. The Hall–Kier alpha value is -1.33. The van der Waals surface area contributed by atoms with E-state index >= 15 is 0 Å². The number of carbonyl (C=O) groups excluding carboxylic acids is 1. The first-order chi connectivity index (χ1) is 7.45. The third kappa shape index (κ3) is 2.84. The molecule has 0 saturated heterocycles. The van der Waals surface area contributed by atoms with E-state index in [1.54, 1.807) is 0 Å². The number of amides is 1. The maximum atomic E-state index is 11.1. The predicted octanol–water partition coefficient (Wildman–Crippen LogP) is 2.26. The van der Waals surface area contributed by atoms with E-state index in [0.29, 0.717) is 4.76 Å². The molecule has 1 rings (SSSR count). The van der Waals surface area contributed by atoms with Crippen molar-refractivity contribution < 1.29 is 14.7 Å². The Labute approximate surface area is 102 Å². The molecule has 0 fully saturated rings. The monoisotopic (exact) mass is 263 g/mol. The second kappa shape index (κ2) is 5.14. The summed E-state index contributed by atoms with van der Waals surface area (Å²) in [4.78, 5) is 22.1. The summed E-state index contributed by atoms with van der Waals surface area (Å²) in [6.07, 6.45) is 0. The molecule has 1 aromatic rings. The molecule has 0 atom stereocenters. The van der Waals surface area contributed by atoms with E-state index in [0.717, 1.165) is 0 Å². The lowest BCUT2D eigenvalue weighted by atomic mass is 10.2. The lowest BCUT2D eigenvalue weighted by Gasteiger charge is -2.06. The van der Waals surface area contributed by atoms with Crippen molar-refractivity contribution in [3.63, 3.8) is 0 Å². The maximum Gasteiger partial charge on any atom is 0.259 e. The highest BCUT2D eigenvalue weighted by molar-refractivity contribution is 6.33. The van der Waals surface area contributed by atoms with E-state index in [1.807, 2.05) is 0 Å². The molecule has 0 aliphatic rings. The van der Waals surface area contributed by atoms with Crippen molar-refractivity contribution in [3.8, 4) is 5.75 Å². The van der Waals surface area contributed by atoms with Gasteiger partial charge in [-0.3, -0.25) is 4.79 Å². The summed E-state index contributed by atoms with van der Waals surface area (Å²) in [7, 11) is 1.27. The molecular weight excluding hydrogens is 255 g/mol. The molecule has 0 aliphatic heterocycles. The van der Waals surface area contributed by atoms with E-state index < -0.39 is 5.91 Å². The van der Waals surface area contributed by atoms with E-state index in [2.05, 4.69) is 5.32 Å². The van der Waals surface area contributed by atoms with Crippen molar-refractivity contribution in [2.45, 2.75) is 0 Å². The molecule has 86 valence electrons. The van der Waals surface area contributed by atoms with Crippen LogP contribution in [0.3, 0.4) is 0 Å². The fourth-order valence-corrected chi connectivity index (χ4v) is 1.33. The number of aromatic hydroxyl groups is 1. The molecule has 0 saturated carbocycles. The van der Waals surface area contributed by atoms with Gasteiger partial charge in [0, 0.05) is 21.8 Å². The van der Waals surface area contributed by atoms with Crippen molar-refractivity contribution in [1.29, 1.82) is 0 Å². The second-order valence-electron chi connectivity index (χ2n) is 3.00. The number of nitrogens with zero attached hydrogens (tertiary/aromatic N) is 1. The molecule has 7 heteroatoms. The van der Waals surface area contributed by atoms with Crippen molar-refractivity contribution in [1.82, 2.24) is 0 Å². The van der Waals surface area contributed by atoms with Crippen LogP contribution in [-0.4, -0.2) is 28.7 Å². The summed E-state index contributed by atoms with van der Waals surface area (Å²) in [5.74, 6) is -1.06. The van der Waals surface area contributed by atoms with Gasteiger partial charge in [0.25, 0.3) is 5.69 Å². The molecule has 5 nitrogen and oxygen atoms in total. The minimum absolute atomic E-state index is 0.0231. The molecule has 0 unspecified atom stereocenters. The highest BCUT2D eigenvalue weighted by Crippen LogP contribution is 2.35. The number of nitrogens with one attached hydrogen (secondary N) is 1. The Morgan fingerprint density at radius 2 is 2.19 bits per heavy atom. The van der Waals surface area contributed by atoms with Gasteiger partial charge in [0.1, 0.15) is 5.88 Å². The van der Waals surface area contributed by atoms with E-state index in [-0.39, 0.29) is 28.0 Å². The summed E-state index contributed by atoms with van der Waals surface area (Å²) in [6.45, 7) is 0. The molecule has 0 aliphatic carbocycles. The minimum atomic E-state index is -0.501. The summed E-state index contributed by atoms with van der Waals surface area (Å²) in [5, 5.41) is 11.8. The highest BCUT2D eigenvalue weighted by atomic mass is 35.5. The van der Waals surface area contributed by atoms with Gasteiger partial charge >= 0.3 is 0 Å². The van der Waals surface area contributed by atoms with Crippen LogP contribution in [0.25, 0.3) is 0 Å². The molecule has 0 radical (unpaired) electrons. The molecule has 0 heterocycles. The van der Waals surface area contributed by atoms with Crippen LogP contribution in [0.15, 0.2) is 12.1 Å². The van der Waals surface area contributed by atoms with E-state index in [9.17, 15) is 14.8 Å². The van der Waals surface area contributed by atoms with Gasteiger partial charge in [-0.25, -0.2) is 0 Å². The van der Waals surface area contributed by atoms with Gasteiger partial charge in [-0.1, -0.05) is 11.6 Å².